The zero-order valence-electron chi connectivity index (χ0n) is 26.0. The first-order valence-electron chi connectivity index (χ1n) is 15.3. The second kappa shape index (κ2) is 15.7. The van der Waals surface area contributed by atoms with Crippen LogP contribution in [0.25, 0.3) is 0 Å². The second-order valence-electron chi connectivity index (χ2n) is 12.8. The minimum Gasteiger partial charge on any atom is -0.489 e. The number of piperidine rings is 1. The summed E-state index contributed by atoms with van der Waals surface area (Å²) in [7, 11) is 0. The van der Waals surface area contributed by atoms with Gasteiger partial charge in [-0.15, -0.1) is 0 Å². The third-order valence-corrected chi connectivity index (χ3v) is 7.45. The molecule has 1 N–H and O–H groups in total. The van der Waals surface area contributed by atoms with Gasteiger partial charge in [-0.25, -0.2) is 4.79 Å². The summed E-state index contributed by atoms with van der Waals surface area (Å²) in [5.74, 6) is 1.90. The molecule has 2 aromatic carbocycles. The minimum atomic E-state index is -0.511. The fourth-order valence-electron chi connectivity index (χ4n) is 5.09. The fraction of sp³-hybridized carbons (Fsp3) is 0.588. The lowest BCUT2D eigenvalue weighted by atomic mass is 9.98. The Labute approximate surface area is 247 Å². The van der Waals surface area contributed by atoms with Gasteiger partial charge in [0.25, 0.3) is 0 Å². The van der Waals surface area contributed by atoms with Crippen molar-refractivity contribution in [1.82, 2.24) is 10.2 Å². The number of likely N-dealkylation sites (tertiary alicyclic amines) is 1. The molecule has 1 aliphatic heterocycles. The number of rotatable bonds is 13. The van der Waals surface area contributed by atoms with Gasteiger partial charge in [0.1, 0.15) is 18.0 Å². The van der Waals surface area contributed by atoms with Gasteiger partial charge in [-0.1, -0.05) is 51.1 Å². The normalized spacial score (nSPS) is 15.0. The van der Waals surface area contributed by atoms with E-state index in [2.05, 4.69) is 67.4 Å². The van der Waals surface area contributed by atoms with Crippen LogP contribution in [0.2, 0.25) is 0 Å². The third-order valence-electron chi connectivity index (χ3n) is 7.45. The quantitative estimate of drug-likeness (QED) is 0.282. The van der Waals surface area contributed by atoms with Crippen LogP contribution >= 0.6 is 0 Å². The van der Waals surface area contributed by atoms with Gasteiger partial charge in [0, 0.05) is 44.3 Å². The molecule has 0 aromatic heterocycles. The zero-order chi connectivity index (χ0) is 29.8. The van der Waals surface area contributed by atoms with Crippen molar-refractivity contribution in [3.8, 4) is 5.75 Å². The van der Waals surface area contributed by atoms with Crippen molar-refractivity contribution < 1.29 is 19.1 Å². The standard InChI is InChI=1S/C34H51N3O4/c1-26(2)17-23-37(29-12-14-31(15-13-29)40-25-28-10-8-7-9-11-28)30-18-21-36(22-19-30)32(38)24-27(3)16-20-35-33(39)41-34(4,5)6/h7-15,26-27,30H,16-25H2,1-6H3,(H,35,39)/t27-/m0/s1. The highest BCUT2D eigenvalue weighted by atomic mass is 16.6. The molecule has 41 heavy (non-hydrogen) atoms. The van der Waals surface area contributed by atoms with Crippen LogP contribution in [0, 0.1) is 11.8 Å². The number of carbonyl (C=O) groups is 2. The summed E-state index contributed by atoms with van der Waals surface area (Å²) < 4.78 is 11.3. The van der Waals surface area contributed by atoms with Gasteiger partial charge >= 0.3 is 6.09 Å². The Morgan fingerprint density at radius 2 is 1.63 bits per heavy atom. The Morgan fingerprint density at radius 1 is 0.976 bits per heavy atom. The summed E-state index contributed by atoms with van der Waals surface area (Å²) in [6, 6.07) is 19.1. The number of benzene rings is 2. The first kappa shape index (κ1) is 32.3. The predicted molar refractivity (Wildman–Crippen MR) is 166 cm³/mol. The second-order valence-corrected chi connectivity index (χ2v) is 12.8. The van der Waals surface area contributed by atoms with Crippen molar-refractivity contribution in [2.45, 2.75) is 91.9 Å². The number of ether oxygens (including phenoxy) is 2. The molecule has 0 aliphatic carbocycles. The summed E-state index contributed by atoms with van der Waals surface area (Å²) in [4.78, 5) is 29.5. The number of amides is 2. The molecule has 0 saturated carbocycles. The number of hydrogen-bond acceptors (Lipinski definition) is 5. The molecule has 1 atom stereocenters. The van der Waals surface area contributed by atoms with Crippen molar-refractivity contribution >= 4 is 17.7 Å². The molecule has 3 rings (SSSR count). The van der Waals surface area contributed by atoms with E-state index in [1.165, 1.54) is 5.69 Å². The summed E-state index contributed by atoms with van der Waals surface area (Å²) in [6.45, 7) is 15.8. The molecule has 0 radical (unpaired) electrons. The van der Waals surface area contributed by atoms with E-state index in [0.717, 1.165) is 56.6 Å². The van der Waals surface area contributed by atoms with E-state index in [-0.39, 0.29) is 11.8 Å². The van der Waals surface area contributed by atoms with Gasteiger partial charge in [-0.05, 0) is 88.1 Å². The number of nitrogens with zero attached hydrogens (tertiary/aromatic N) is 2. The van der Waals surface area contributed by atoms with E-state index in [1.807, 2.05) is 43.9 Å². The lowest BCUT2D eigenvalue weighted by molar-refractivity contribution is -0.133. The molecule has 1 heterocycles. The van der Waals surface area contributed by atoms with Crippen LogP contribution in [-0.2, 0) is 16.1 Å². The van der Waals surface area contributed by atoms with Crippen LogP contribution in [0.3, 0.4) is 0 Å². The highest BCUT2D eigenvalue weighted by Crippen LogP contribution is 2.28. The average Bonchev–Trinajstić information content (AvgIpc) is 2.92. The molecule has 1 fully saturated rings. The van der Waals surface area contributed by atoms with E-state index in [0.29, 0.717) is 31.5 Å². The molecule has 7 nitrogen and oxygen atoms in total. The maximum atomic E-state index is 13.0. The largest absolute Gasteiger partial charge is 0.489 e. The summed E-state index contributed by atoms with van der Waals surface area (Å²) in [5, 5.41) is 2.79. The van der Waals surface area contributed by atoms with Crippen molar-refractivity contribution in [2.24, 2.45) is 11.8 Å². The molecular weight excluding hydrogens is 514 g/mol. The number of anilines is 1. The van der Waals surface area contributed by atoms with Crippen LogP contribution in [0.4, 0.5) is 10.5 Å². The van der Waals surface area contributed by atoms with Gasteiger partial charge in [0.15, 0.2) is 0 Å². The SMILES string of the molecule is CC(C)CCN(c1ccc(OCc2ccccc2)cc1)C1CCN(C(=O)C[C@@H](C)CCNC(=O)OC(C)(C)C)CC1. The molecule has 2 aromatic rings. The molecule has 1 saturated heterocycles. The molecule has 7 heteroatoms. The highest BCUT2D eigenvalue weighted by Gasteiger charge is 2.28. The monoisotopic (exact) mass is 565 g/mol. The van der Waals surface area contributed by atoms with Gasteiger partial charge in [-0.3, -0.25) is 4.79 Å². The van der Waals surface area contributed by atoms with Gasteiger partial charge in [0.05, 0.1) is 0 Å². The van der Waals surface area contributed by atoms with E-state index < -0.39 is 11.7 Å². The van der Waals surface area contributed by atoms with Gasteiger partial charge in [0.2, 0.25) is 5.91 Å². The molecule has 2 amide bonds. The molecular formula is C34H51N3O4. The summed E-state index contributed by atoms with van der Waals surface area (Å²) in [5.41, 5.74) is 1.86. The Bertz CT molecular complexity index is 1060. The number of hydrogen-bond donors (Lipinski definition) is 1. The van der Waals surface area contributed by atoms with E-state index in [1.54, 1.807) is 0 Å². The van der Waals surface area contributed by atoms with Crippen molar-refractivity contribution in [2.75, 3.05) is 31.1 Å². The van der Waals surface area contributed by atoms with Crippen molar-refractivity contribution in [3.63, 3.8) is 0 Å². The summed E-state index contributed by atoms with van der Waals surface area (Å²) >= 11 is 0. The van der Waals surface area contributed by atoms with Crippen molar-refractivity contribution in [3.05, 3.63) is 60.2 Å². The van der Waals surface area contributed by atoms with Crippen LogP contribution < -0.4 is 15.0 Å². The Morgan fingerprint density at radius 3 is 2.24 bits per heavy atom. The van der Waals surface area contributed by atoms with Gasteiger partial charge < -0.3 is 24.6 Å². The smallest absolute Gasteiger partial charge is 0.407 e. The van der Waals surface area contributed by atoms with E-state index >= 15 is 0 Å². The lowest BCUT2D eigenvalue weighted by Gasteiger charge is -2.40. The first-order chi connectivity index (χ1) is 19.5. The first-order valence-corrected chi connectivity index (χ1v) is 15.3. The van der Waals surface area contributed by atoms with Crippen LogP contribution in [0.1, 0.15) is 79.2 Å². The van der Waals surface area contributed by atoms with Crippen LogP contribution in [-0.4, -0.2) is 54.7 Å². The van der Waals surface area contributed by atoms with Crippen LogP contribution in [0.5, 0.6) is 5.75 Å². The Kier molecular flexibility index (Phi) is 12.4. The fourth-order valence-corrected chi connectivity index (χ4v) is 5.09. The molecule has 0 bridgehead atoms. The molecule has 226 valence electrons. The Balaban J connectivity index is 1.48. The topological polar surface area (TPSA) is 71.1 Å². The lowest BCUT2D eigenvalue weighted by Crippen LogP contribution is -2.47. The van der Waals surface area contributed by atoms with E-state index in [4.69, 9.17) is 9.47 Å². The maximum Gasteiger partial charge on any atom is 0.407 e. The van der Waals surface area contributed by atoms with Crippen LogP contribution in [0.15, 0.2) is 54.6 Å². The van der Waals surface area contributed by atoms with Crippen molar-refractivity contribution in [1.29, 1.82) is 0 Å². The summed E-state index contributed by atoms with van der Waals surface area (Å²) in [6.07, 6.45) is 3.89. The van der Waals surface area contributed by atoms with E-state index in [9.17, 15) is 9.59 Å². The minimum absolute atomic E-state index is 0.195. The predicted octanol–water partition coefficient (Wildman–Crippen LogP) is 7.05. The molecule has 1 aliphatic rings. The third kappa shape index (κ3) is 11.7. The number of carbonyl (C=O) groups excluding carboxylic acids is 2. The maximum absolute atomic E-state index is 13.0. The Hall–Kier alpha value is -3.22. The molecule has 0 unspecified atom stereocenters. The number of alkyl carbamates (subject to hydrolysis) is 1. The zero-order valence-corrected chi connectivity index (χ0v) is 26.0. The average molecular weight is 566 g/mol. The van der Waals surface area contributed by atoms with Gasteiger partial charge in [-0.2, -0.15) is 0 Å². The molecule has 0 spiro atoms. The number of nitrogens with one attached hydrogen (secondary N) is 1. The highest BCUT2D eigenvalue weighted by molar-refractivity contribution is 5.76.